The Labute approximate surface area is 112 Å². The predicted molar refractivity (Wildman–Crippen MR) is 76.3 cm³/mol. The van der Waals surface area contributed by atoms with Gasteiger partial charge in [-0.2, -0.15) is 0 Å². The summed E-state index contributed by atoms with van der Waals surface area (Å²) < 4.78 is 0. The van der Waals surface area contributed by atoms with Gasteiger partial charge in [0, 0.05) is 30.7 Å². The van der Waals surface area contributed by atoms with E-state index in [0.717, 1.165) is 30.2 Å². The summed E-state index contributed by atoms with van der Waals surface area (Å²) in [7, 11) is 2.18. The van der Waals surface area contributed by atoms with E-state index in [9.17, 15) is 0 Å². The van der Waals surface area contributed by atoms with E-state index in [1.54, 1.807) is 0 Å². The van der Waals surface area contributed by atoms with Crippen LogP contribution in [0.4, 0.5) is 0 Å². The van der Waals surface area contributed by atoms with Crippen LogP contribution in [0.5, 0.6) is 0 Å². The van der Waals surface area contributed by atoms with Gasteiger partial charge in [0.15, 0.2) is 0 Å². The van der Waals surface area contributed by atoms with E-state index in [-0.39, 0.29) is 0 Å². The molecule has 3 rings (SSSR count). The lowest BCUT2D eigenvalue weighted by Crippen LogP contribution is -2.44. The maximum atomic E-state index is 6.26. The molecule has 1 saturated heterocycles. The van der Waals surface area contributed by atoms with Gasteiger partial charge in [-0.05, 0) is 25.6 Å². The first-order valence-electron chi connectivity index (χ1n) is 6.36. The minimum absolute atomic E-state index is 0.405. The largest absolute Gasteiger partial charge is 0.356 e. The molecule has 0 radical (unpaired) electrons. The number of aromatic nitrogens is 1. The van der Waals surface area contributed by atoms with Gasteiger partial charge in [0.05, 0.1) is 16.6 Å². The van der Waals surface area contributed by atoms with Gasteiger partial charge in [-0.1, -0.05) is 23.7 Å². The molecule has 0 aliphatic carbocycles. The van der Waals surface area contributed by atoms with Crippen molar-refractivity contribution in [1.82, 2.24) is 15.2 Å². The quantitative estimate of drug-likeness (QED) is 0.829. The van der Waals surface area contributed by atoms with Crippen molar-refractivity contribution in [2.75, 3.05) is 26.7 Å². The molecule has 96 valence electrons. The fourth-order valence-electron chi connectivity index (χ4n) is 2.80. The molecule has 4 heteroatoms. The molecule has 1 aromatic heterocycles. The van der Waals surface area contributed by atoms with Crippen LogP contribution >= 0.6 is 11.6 Å². The van der Waals surface area contributed by atoms with Gasteiger partial charge in [-0.3, -0.25) is 4.90 Å². The number of aromatic amines is 1. The van der Waals surface area contributed by atoms with Crippen LogP contribution in [-0.4, -0.2) is 36.6 Å². The number of hydrogen-bond acceptors (Lipinski definition) is 2. The number of halogens is 1. The molecule has 2 heterocycles. The summed E-state index contributed by atoms with van der Waals surface area (Å²) >= 11 is 6.26. The third kappa shape index (κ3) is 1.83. The van der Waals surface area contributed by atoms with Gasteiger partial charge in [-0.25, -0.2) is 0 Å². The van der Waals surface area contributed by atoms with Crippen LogP contribution in [-0.2, 0) is 0 Å². The molecule has 0 bridgehead atoms. The summed E-state index contributed by atoms with van der Waals surface area (Å²) in [6.45, 7) is 5.30. The van der Waals surface area contributed by atoms with E-state index < -0.39 is 0 Å². The molecule has 2 N–H and O–H groups in total. The number of aryl methyl sites for hydroxylation is 1. The number of hydrogen-bond donors (Lipinski definition) is 2. The van der Waals surface area contributed by atoms with Crippen molar-refractivity contribution in [3.63, 3.8) is 0 Å². The van der Waals surface area contributed by atoms with E-state index in [0.29, 0.717) is 6.04 Å². The molecular weight excluding hydrogens is 246 g/mol. The van der Waals surface area contributed by atoms with Crippen LogP contribution in [0, 0.1) is 6.92 Å². The zero-order valence-electron chi connectivity index (χ0n) is 10.8. The molecule has 3 nitrogen and oxygen atoms in total. The molecule has 18 heavy (non-hydrogen) atoms. The molecule has 0 amide bonds. The lowest BCUT2D eigenvalue weighted by Gasteiger charge is -2.33. The number of nitrogens with one attached hydrogen (secondary N) is 2. The average molecular weight is 264 g/mol. The van der Waals surface area contributed by atoms with Gasteiger partial charge in [0.2, 0.25) is 0 Å². The predicted octanol–water partition coefficient (Wildman–Crippen LogP) is 2.71. The highest BCUT2D eigenvalue weighted by atomic mass is 35.5. The summed E-state index contributed by atoms with van der Waals surface area (Å²) in [5, 5.41) is 5.49. The highest BCUT2D eigenvalue weighted by Gasteiger charge is 2.24. The number of nitrogens with zero attached hydrogens (tertiary/aromatic N) is 1. The van der Waals surface area contributed by atoms with Crippen LogP contribution in [0.15, 0.2) is 18.2 Å². The van der Waals surface area contributed by atoms with E-state index in [4.69, 9.17) is 11.6 Å². The fourth-order valence-corrected chi connectivity index (χ4v) is 3.02. The number of likely N-dealkylation sites (N-methyl/N-ethyl adjacent to an activating group) is 1. The minimum Gasteiger partial charge on any atom is -0.356 e. The second kappa shape index (κ2) is 4.57. The smallest absolute Gasteiger partial charge is 0.0648 e. The Hall–Kier alpha value is -1.03. The molecule has 1 aliphatic heterocycles. The summed E-state index contributed by atoms with van der Waals surface area (Å²) in [5.41, 5.74) is 3.66. The molecule has 1 unspecified atom stereocenters. The number of benzene rings is 1. The Balaban J connectivity index is 2.11. The third-order valence-corrected chi connectivity index (χ3v) is 4.24. The standard InChI is InChI=1S/C14H18ClN3/c1-9-10-4-3-5-11(15)14(10)17-13(9)12-8-16-6-7-18(12)2/h3-5,12,16-17H,6-8H2,1-2H3. The molecule has 1 atom stereocenters. The van der Waals surface area contributed by atoms with Crippen LogP contribution in [0.1, 0.15) is 17.3 Å². The SMILES string of the molecule is Cc1c(C2CNCCN2C)[nH]c2c(Cl)cccc12. The van der Waals surface area contributed by atoms with Gasteiger partial charge >= 0.3 is 0 Å². The normalized spacial score (nSPS) is 21.6. The molecule has 1 aromatic carbocycles. The Kier molecular flexibility index (Phi) is 3.06. The zero-order valence-corrected chi connectivity index (χ0v) is 11.5. The zero-order chi connectivity index (χ0) is 12.7. The first kappa shape index (κ1) is 12.0. The van der Waals surface area contributed by atoms with Crippen molar-refractivity contribution < 1.29 is 0 Å². The van der Waals surface area contributed by atoms with E-state index in [2.05, 4.69) is 35.2 Å². The maximum absolute atomic E-state index is 6.26. The number of para-hydroxylation sites is 1. The molecule has 0 spiro atoms. The Morgan fingerprint density at radius 1 is 1.39 bits per heavy atom. The molecule has 0 saturated carbocycles. The van der Waals surface area contributed by atoms with Crippen molar-refractivity contribution >= 4 is 22.5 Å². The molecule has 1 fully saturated rings. The van der Waals surface area contributed by atoms with Crippen molar-refractivity contribution in [1.29, 1.82) is 0 Å². The highest BCUT2D eigenvalue weighted by Crippen LogP contribution is 2.32. The second-order valence-electron chi connectivity index (χ2n) is 5.03. The van der Waals surface area contributed by atoms with Crippen LogP contribution in [0.25, 0.3) is 10.9 Å². The first-order chi connectivity index (χ1) is 8.68. The van der Waals surface area contributed by atoms with Crippen LogP contribution in [0.3, 0.4) is 0 Å². The fraction of sp³-hybridized carbons (Fsp3) is 0.429. The summed E-state index contributed by atoms with van der Waals surface area (Å²) in [6, 6.07) is 6.49. The molecule has 1 aliphatic rings. The lowest BCUT2D eigenvalue weighted by atomic mass is 10.1. The third-order valence-electron chi connectivity index (χ3n) is 3.93. The van der Waals surface area contributed by atoms with E-state index in [1.165, 1.54) is 16.6 Å². The number of H-pyrrole nitrogens is 1. The summed E-state index contributed by atoms with van der Waals surface area (Å²) in [6.07, 6.45) is 0. The Morgan fingerprint density at radius 3 is 2.94 bits per heavy atom. The van der Waals surface area contributed by atoms with E-state index in [1.807, 2.05) is 12.1 Å². The van der Waals surface area contributed by atoms with Crippen molar-refractivity contribution in [2.45, 2.75) is 13.0 Å². The van der Waals surface area contributed by atoms with Crippen LogP contribution < -0.4 is 5.32 Å². The van der Waals surface area contributed by atoms with Gasteiger partial charge < -0.3 is 10.3 Å². The Bertz CT molecular complexity index is 576. The first-order valence-corrected chi connectivity index (χ1v) is 6.74. The van der Waals surface area contributed by atoms with Gasteiger partial charge in [-0.15, -0.1) is 0 Å². The van der Waals surface area contributed by atoms with Crippen molar-refractivity contribution in [3.05, 3.63) is 34.5 Å². The highest BCUT2D eigenvalue weighted by molar-refractivity contribution is 6.35. The van der Waals surface area contributed by atoms with Gasteiger partial charge in [0.1, 0.15) is 0 Å². The van der Waals surface area contributed by atoms with Crippen molar-refractivity contribution in [2.24, 2.45) is 0 Å². The lowest BCUT2D eigenvalue weighted by molar-refractivity contribution is 0.198. The van der Waals surface area contributed by atoms with Gasteiger partial charge in [0.25, 0.3) is 0 Å². The maximum Gasteiger partial charge on any atom is 0.0648 e. The monoisotopic (exact) mass is 263 g/mol. The number of fused-ring (bicyclic) bond motifs is 1. The average Bonchev–Trinajstić information content (AvgIpc) is 2.70. The minimum atomic E-state index is 0.405. The second-order valence-corrected chi connectivity index (χ2v) is 5.43. The molecular formula is C14H18ClN3. The molecule has 2 aromatic rings. The van der Waals surface area contributed by atoms with E-state index >= 15 is 0 Å². The number of rotatable bonds is 1. The van der Waals surface area contributed by atoms with Crippen molar-refractivity contribution in [3.8, 4) is 0 Å². The summed E-state index contributed by atoms with van der Waals surface area (Å²) in [4.78, 5) is 5.91. The van der Waals surface area contributed by atoms with Crippen LogP contribution in [0.2, 0.25) is 5.02 Å². The topological polar surface area (TPSA) is 31.1 Å². The summed E-state index contributed by atoms with van der Waals surface area (Å²) in [5.74, 6) is 0. The Morgan fingerprint density at radius 2 is 2.22 bits per heavy atom. The number of piperazine rings is 1.